The van der Waals surface area contributed by atoms with Crippen LogP contribution in [0.15, 0.2) is 24.0 Å². The van der Waals surface area contributed by atoms with Gasteiger partial charge in [0.05, 0.1) is 6.61 Å². The number of carbonyl (C=O) groups excluding carboxylic acids is 1. The van der Waals surface area contributed by atoms with Gasteiger partial charge in [-0.3, -0.25) is 9.35 Å². The zero-order valence-corrected chi connectivity index (χ0v) is 16.9. The summed E-state index contributed by atoms with van der Waals surface area (Å²) in [6, 6.07) is 0. The Morgan fingerprint density at radius 1 is 1.03 bits per heavy atom. The molecular formula is C14H17F6NO8S2. The van der Waals surface area contributed by atoms with Crippen LogP contribution >= 0.6 is 0 Å². The van der Waals surface area contributed by atoms with E-state index in [4.69, 9.17) is 9.66 Å². The Morgan fingerprint density at radius 2 is 1.48 bits per heavy atom. The van der Waals surface area contributed by atoms with E-state index >= 15 is 0 Å². The molecule has 1 heterocycles. The standard InChI is InChI=1S/C14H17F6NO8S2/c1-8(7-22)10(23)6-11(24)9-2-4-21(5-3-9)30(25,26)13(17,18)12(15,16)14(19,20)31(27,28)29/h6,9,22-23H,1-5,7H2,(H,27,28,29). The number of hydrogen-bond donors (Lipinski definition) is 3. The van der Waals surface area contributed by atoms with Gasteiger partial charge in [-0.15, -0.1) is 0 Å². The molecule has 0 bridgehead atoms. The molecule has 1 aliphatic heterocycles. The van der Waals surface area contributed by atoms with Crippen LogP contribution in [0.1, 0.15) is 12.8 Å². The molecule has 0 aromatic rings. The Balaban J connectivity index is 3.10. The van der Waals surface area contributed by atoms with Gasteiger partial charge in [0.1, 0.15) is 5.76 Å². The summed E-state index contributed by atoms with van der Waals surface area (Å²) in [4.78, 5) is 12.0. The van der Waals surface area contributed by atoms with Crippen LogP contribution in [0, 0.1) is 5.92 Å². The fourth-order valence-corrected chi connectivity index (χ4v) is 4.46. The average Bonchev–Trinajstić information content (AvgIpc) is 2.65. The first-order valence-corrected chi connectivity index (χ1v) is 11.0. The number of rotatable bonds is 9. The number of sulfonamides is 1. The van der Waals surface area contributed by atoms with Gasteiger partial charge >= 0.3 is 26.5 Å². The summed E-state index contributed by atoms with van der Waals surface area (Å²) in [5.41, 5.74) is -0.241. The molecular weight excluding hydrogens is 488 g/mol. The van der Waals surface area contributed by atoms with Gasteiger partial charge in [-0.25, -0.2) is 8.42 Å². The molecule has 1 aliphatic rings. The fourth-order valence-electron chi connectivity index (χ4n) is 2.47. The van der Waals surface area contributed by atoms with Gasteiger partial charge in [0.15, 0.2) is 5.78 Å². The number of aliphatic hydroxyl groups excluding tert-OH is 2. The van der Waals surface area contributed by atoms with Crippen LogP contribution in [-0.4, -0.2) is 77.8 Å². The Morgan fingerprint density at radius 3 is 1.87 bits per heavy atom. The Hall–Kier alpha value is -1.69. The van der Waals surface area contributed by atoms with E-state index in [1.54, 1.807) is 0 Å². The maximum atomic E-state index is 14.0. The molecule has 0 aliphatic carbocycles. The number of hydrogen-bond acceptors (Lipinski definition) is 7. The van der Waals surface area contributed by atoms with Crippen LogP contribution in [0.4, 0.5) is 26.3 Å². The molecule has 180 valence electrons. The van der Waals surface area contributed by atoms with Crippen molar-refractivity contribution < 1.29 is 62.7 Å². The monoisotopic (exact) mass is 505 g/mol. The highest BCUT2D eigenvalue weighted by Crippen LogP contribution is 2.51. The SMILES string of the molecule is C=C(CO)C(O)=CC(=O)C1CCN(S(=O)(=O)C(F)(F)C(F)(F)C(F)(F)S(=O)(=O)O)CC1. The first-order valence-electron chi connectivity index (χ1n) is 8.09. The van der Waals surface area contributed by atoms with Crippen molar-refractivity contribution in [1.82, 2.24) is 4.31 Å². The summed E-state index contributed by atoms with van der Waals surface area (Å²) in [6.45, 7) is 0.509. The fraction of sp³-hybridized carbons (Fsp3) is 0.643. The Labute approximate surface area is 172 Å². The van der Waals surface area contributed by atoms with E-state index in [1.807, 2.05) is 0 Å². The predicted octanol–water partition coefficient (Wildman–Crippen LogP) is 1.30. The lowest BCUT2D eigenvalue weighted by Gasteiger charge is -2.36. The summed E-state index contributed by atoms with van der Waals surface area (Å²) in [5, 5.41) is 4.79. The Bertz CT molecular complexity index is 969. The number of carbonyl (C=O) groups is 1. The number of alkyl halides is 6. The lowest BCUT2D eigenvalue weighted by molar-refractivity contribution is -0.247. The van der Waals surface area contributed by atoms with E-state index in [2.05, 4.69) is 6.58 Å². The molecule has 31 heavy (non-hydrogen) atoms. The van der Waals surface area contributed by atoms with Crippen molar-refractivity contribution in [1.29, 1.82) is 0 Å². The third-order valence-electron chi connectivity index (χ3n) is 4.41. The van der Waals surface area contributed by atoms with Crippen molar-refractivity contribution in [2.75, 3.05) is 19.7 Å². The minimum absolute atomic E-state index is 0.241. The molecule has 3 N–H and O–H groups in total. The Kier molecular flexibility index (Phi) is 7.66. The van der Waals surface area contributed by atoms with Gasteiger partial charge in [-0.2, -0.15) is 39.1 Å². The third kappa shape index (κ3) is 4.74. The van der Waals surface area contributed by atoms with E-state index in [0.29, 0.717) is 6.08 Å². The van der Waals surface area contributed by atoms with Crippen molar-refractivity contribution in [3.8, 4) is 0 Å². The van der Waals surface area contributed by atoms with Gasteiger partial charge in [0, 0.05) is 30.7 Å². The zero-order chi connectivity index (χ0) is 24.6. The van der Waals surface area contributed by atoms with E-state index in [9.17, 15) is 53.1 Å². The summed E-state index contributed by atoms with van der Waals surface area (Å²) in [7, 11) is -13.7. The lowest BCUT2D eigenvalue weighted by Crippen LogP contribution is -2.63. The second-order valence-electron chi connectivity index (χ2n) is 6.45. The van der Waals surface area contributed by atoms with Gasteiger partial charge in [0.25, 0.3) is 10.0 Å². The second-order valence-corrected chi connectivity index (χ2v) is 9.90. The van der Waals surface area contributed by atoms with Crippen molar-refractivity contribution in [3.63, 3.8) is 0 Å². The molecule has 0 saturated carbocycles. The molecule has 9 nitrogen and oxygen atoms in total. The van der Waals surface area contributed by atoms with Crippen LogP contribution in [0.3, 0.4) is 0 Å². The highest BCUT2D eigenvalue weighted by atomic mass is 32.2. The van der Waals surface area contributed by atoms with Gasteiger partial charge in [0.2, 0.25) is 0 Å². The lowest BCUT2D eigenvalue weighted by atomic mass is 9.93. The molecule has 17 heteroatoms. The predicted molar refractivity (Wildman–Crippen MR) is 91.6 cm³/mol. The molecule has 1 fully saturated rings. The van der Waals surface area contributed by atoms with Crippen LogP contribution in [-0.2, 0) is 24.9 Å². The maximum Gasteiger partial charge on any atom is 0.439 e. The summed E-state index contributed by atoms with van der Waals surface area (Å²) in [5.74, 6) is -9.66. The minimum Gasteiger partial charge on any atom is -0.507 e. The molecule has 0 aromatic heterocycles. The normalized spacial score (nSPS) is 18.8. The van der Waals surface area contributed by atoms with Crippen LogP contribution < -0.4 is 0 Å². The van der Waals surface area contributed by atoms with Crippen LogP contribution in [0.25, 0.3) is 0 Å². The number of aliphatic hydroxyl groups is 2. The number of nitrogens with zero attached hydrogens (tertiary/aromatic N) is 1. The quantitative estimate of drug-likeness (QED) is 0.140. The molecule has 1 rings (SSSR count). The molecule has 0 unspecified atom stereocenters. The third-order valence-corrected chi connectivity index (χ3v) is 7.26. The summed E-state index contributed by atoms with van der Waals surface area (Å²) >= 11 is 0. The number of ketones is 1. The van der Waals surface area contributed by atoms with Crippen molar-refractivity contribution in [2.45, 2.75) is 29.3 Å². The number of piperidine rings is 1. The second kappa shape index (κ2) is 8.68. The highest BCUT2D eigenvalue weighted by molar-refractivity contribution is 7.90. The molecule has 0 atom stereocenters. The largest absolute Gasteiger partial charge is 0.507 e. The van der Waals surface area contributed by atoms with Crippen molar-refractivity contribution in [3.05, 3.63) is 24.0 Å². The summed E-state index contributed by atoms with van der Waals surface area (Å²) in [6.07, 6.45) is -0.448. The topological polar surface area (TPSA) is 149 Å². The minimum atomic E-state index is -7.12. The smallest absolute Gasteiger partial charge is 0.439 e. The van der Waals surface area contributed by atoms with Gasteiger partial charge < -0.3 is 10.2 Å². The molecule has 0 radical (unpaired) electrons. The first kappa shape index (κ1) is 27.3. The molecule has 0 aromatic carbocycles. The number of allylic oxidation sites excluding steroid dienone is 1. The van der Waals surface area contributed by atoms with E-state index < -0.39 is 86.6 Å². The average molecular weight is 505 g/mol. The first-order chi connectivity index (χ1) is 13.8. The van der Waals surface area contributed by atoms with Crippen molar-refractivity contribution in [2.24, 2.45) is 5.92 Å². The van der Waals surface area contributed by atoms with Crippen molar-refractivity contribution >= 4 is 25.9 Å². The van der Waals surface area contributed by atoms with Gasteiger partial charge in [-0.1, -0.05) is 6.58 Å². The number of halogens is 6. The van der Waals surface area contributed by atoms with Gasteiger partial charge in [-0.05, 0) is 12.8 Å². The molecule has 0 spiro atoms. The molecule has 1 saturated heterocycles. The zero-order valence-electron chi connectivity index (χ0n) is 15.3. The highest BCUT2D eigenvalue weighted by Gasteiger charge is 2.82. The molecule has 0 amide bonds. The maximum absolute atomic E-state index is 14.0. The van der Waals surface area contributed by atoms with Crippen LogP contribution in [0.2, 0.25) is 0 Å². The van der Waals surface area contributed by atoms with E-state index in [1.165, 1.54) is 0 Å². The van der Waals surface area contributed by atoms with E-state index in [-0.39, 0.29) is 9.88 Å². The summed E-state index contributed by atoms with van der Waals surface area (Å²) < 4.78 is 134. The van der Waals surface area contributed by atoms with E-state index in [0.717, 1.165) is 0 Å². The van der Waals surface area contributed by atoms with Crippen LogP contribution in [0.5, 0.6) is 0 Å².